The fraction of sp³-hybridized carbons (Fsp3) is 0.538. The van der Waals surface area contributed by atoms with Crippen molar-refractivity contribution in [3.8, 4) is 5.88 Å². The number of rotatable bonds is 4. The van der Waals surface area contributed by atoms with E-state index in [0.29, 0.717) is 12.4 Å². The van der Waals surface area contributed by atoms with Crippen LogP contribution in [0.3, 0.4) is 0 Å². The van der Waals surface area contributed by atoms with Gasteiger partial charge in [-0.3, -0.25) is 4.79 Å². The minimum Gasteiger partial charge on any atom is -0.481 e. The third-order valence-corrected chi connectivity index (χ3v) is 3.34. The third kappa shape index (κ3) is 2.98. The zero-order valence-corrected chi connectivity index (χ0v) is 10.8. The highest BCUT2D eigenvalue weighted by molar-refractivity contribution is 5.79. The van der Waals surface area contributed by atoms with Gasteiger partial charge in [0.1, 0.15) is 0 Å². The van der Waals surface area contributed by atoms with E-state index in [-0.39, 0.29) is 17.9 Å². The Morgan fingerprint density at radius 3 is 3.17 bits per heavy atom. The van der Waals surface area contributed by atoms with Crippen LogP contribution in [0.2, 0.25) is 0 Å². The summed E-state index contributed by atoms with van der Waals surface area (Å²) in [5.74, 6) is 0.759. The fourth-order valence-corrected chi connectivity index (χ4v) is 2.21. The summed E-state index contributed by atoms with van der Waals surface area (Å²) >= 11 is 0. The van der Waals surface area contributed by atoms with Gasteiger partial charge in [0.05, 0.1) is 13.0 Å². The Morgan fingerprint density at radius 1 is 1.67 bits per heavy atom. The van der Waals surface area contributed by atoms with E-state index in [0.717, 1.165) is 18.5 Å². The van der Waals surface area contributed by atoms with Crippen LogP contribution in [0.4, 0.5) is 0 Å². The van der Waals surface area contributed by atoms with Crippen LogP contribution < -0.4 is 15.4 Å². The summed E-state index contributed by atoms with van der Waals surface area (Å²) < 4.78 is 5.04. The van der Waals surface area contributed by atoms with Gasteiger partial charge in [-0.25, -0.2) is 4.98 Å². The summed E-state index contributed by atoms with van der Waals surface area (Å²) in [7, 11) is 1.58. The lowest BCUT2D eigenvalue weighted by atomic mass is 10.0. The van der Waals surface area contributed by atoms with E-state index in [1.165, 1.54) is 0 Å². The number of hydrogen-bond donors (Lipinski definition) is 2. The van der Waals surface area contributed by atoms with Gasteiger partial charge in [0.25, 0.3) is 0 Å². The standard InChI is InChI=1S/C13H19N3O2/c1-9-11(4-6-14-9)13(17)16-8-10-3-5-15-12(7-10)18-2/h3,5,7,9,11,14H,4,6,8H2,1-2H3,(H,16,17). The molecule has 1 aromatic rings. The third-order valence-electron chi connectivity index (χ3n) is 3.34. The smallest absolute Gasteiger partial charge is 0.224 e. The van der Waals surface area contributed by atoms with E-state index in [4.69, 9.17) is 4.74 Å². The lowest BCUT2D eigenvalue weighted by Gasteiger charge is -2.15. The highest BCUT2D eigenvalue weighted by atomic mass is 16.5. The molecule has 2 N–H and O–H groups in total. The molecular weight excluding hydrogens is 230 g/mol. The van der Waals surface area contributed by atoms with Gasteiger partial charge in [-0.2, -0.15) is 0 Å². The maximum absolute atomic E-state index is 12.0. The second-order valence-electron chi connectivity index (χ2n) is 4.56. The molecule has 0 saturated carbocycles. The quantitative estimate of drug-likeness (QED) is 0.824. The molecule has 18 heavy (non-hydrogen) atoms. The number of amides is 1. The van der Waals surface area contributed by atoms with Crippen molar-refractivity contribution in [2.45, 2.75) is 25.9 Å². The lowest BCUT2D eigenvalue weighted by Crippen LogP contribution is -2.36. The van der Waals surface area contributed by atoms with Crippen LogP contribution in [-0.2, 0) is 11.3 Å². The fourth-order valence-electron chi connectivity index (χ4n) is 2.21. The van der Waals surface area contributed by atoms with E-state index < -0.39 is 0 Å². The second kappa shape index (κ2) is 5.82. The van der Waals surface area contributed by atoms with E-state index in [1.54, 1.807) is 13.3 Å². The molecule has 1 aromatic heterocycles. The van der Waals surface area contributed by atoms with Gasteiger partial charge in [-0.15, -0.1) is 0 Å². The maximum atomic E-state index is 12.0. The van der Waals surface area contributed by atoms with Crippen LogP contribution in [0.15, 0.2) is 18.3 Å². The largest absolute Gasteiger partial charge is 0.481 e. The Balaban J connectivity index is 1.88. The Labute approximate surface area is 107 Å². The van der Waals surface area contributed by atoms with Crippen LogP contribution in [0.25, 0.3) is 0 Å². The molecule has 0 radical (unpaired) electrons. The molecule has 2 rings (SSSR count). The summed E-state index contributed by atoms with van der Waals surface area (Å²) in [5, 5.41) is 6.24. The first kappa shape index (κ1) is 12.8. The van der Waals surface area contributed by atoms with Gasteiger partial charge < -0.3 is 15.4 Å². The number of ether oxygens (including phenoxy) is 1. The number of hydrogen-bond acceptors (Lipinski definition) is 4. The van der Waals surface area contributed by atoms with E-state index in [9.17, 15) is 4.79 Å². The number of methoxy groups -OCH3 is 1. The average Bonchev–Trinajstić information content (AvgIpc) is 2.82. The van der Waals surface area contributed by atoms with Crippen molar-refractivity contribution in [2.75, 3.05) is 13.7 Å². The molecule has 0 aromatic carbocycles. The van der Waals surface area contributed by atoms with Crippen molar-refractivity contribution in [2.24, 2.45) is 5.92 Å². The van der Waals surface area contributed by atoms with Crippen LogP contribution >= 0.6 is 0 Å². The van der Waals surface area contributed by atoms with Crippen LogP contribution in [-0.4, -0.2) is 30.6 Å². The number of nitrogens with zero attached hydrogens (tertiary/aromatic N) is 1. The Morgan fingerprint density at radius 2 is 2.50 bits per heavy atom. The summed E-state index contributed by atoms with van der Waals surface area (Å²) in [4.78, 5) is 16.0. The SMILES string of the molecule is COc1cc(CNC(=O)C2CCNC2C)ccn1. The first-order chi connectivity index (χ1) is 8.70. The van der Waals surface area contributed by atoms with Crippen LogP contribution in [0.1, 0.15) is 18.9 Å². The van der Waals surface area contributed by atoms with Gasteiger partial charge >= 0.3 is 0 Å². The summed E-state index contributed by atoms with van der Waals surface area (Å²) in [6.07, 6.45) is 2.59. The first-order valence-electron chi connectivity index (χ1n) is 6.20. The number of nitrogens with one attached hydrogen (secondary N) is 2. The molecule has 1 amide bonds. The van der Waals surface area contributed by atoms with Gasteiger partial charge in [-0.05, 0) is 31.5 Å². The van der Waals surface area contributed by atoms with E-state index in [2.05, 4.69) is 15.6 Å². The van der Waals surface area contributed by atoms with Crippen molar-refractivity contribution in [1.82, 2.24) is 15.6 Å². The van der Waals surface area contributed by atoms with Gasteiger partial charge in [0.15, 0.2) is 0 Å². The lowest BCUT2D eigenvalue weighted by molar-refractivity contribution is -0.125. The Hall–Kier alpha value is -1.62. The summed E-state index contributed by atoms with van der Waals surface area (Å²) in [5.41, 5.74) is 0.994. The van der Waals surface area contributed by atoms with Crippen molar-refractivity contribution in [3.63, 3.8) is 0 Å². The highest BCUT2D eigenvalue weighted by Gasteiger charge is 2.28. The molecule has 1 fully saturated rings. The summed E-state index contributed by atoms with van der Waals surface area (Å²) in [6.45, 7) is 3.48. The molecule has 1 saturated heterocycles. The Kier molecular flexibility index (Phi) is 4.15. The first-order valence-corrected chi connectivity index (χ1v) is 6.20. The second-order valence-corrected chi connectivity index (χ2v) is 4.56. The van der Waals surface area contributed by atoms with Crippen molar-refractivity contribution < 1.29 is 9.53 Å². The van der Waals surface area contributed by atoms with Crippen LogP contribution in [0.5, 0.6) is 5.88 Å². The average molecular weight is 249 g/mol. The molecule has 5 nitrogen and oxygen atoms in total. The number of carbonyl (C=O) groups is 1. The van der Waals surface area contributed by atoms with E-state index >= 15 is 0 Å². The predicted octanol–water partition coefficient (Wildman–Crippen LogP) is 0.704. The molecule has 0 aliphatic carbocycles. The molecule has 0 bridgehead atoms. The monoisotopic (exact) mass is 249 g/mol. The minimum atomic E-state index is 0.0775. The zero-order valence-electron chi connectivity index (χ0n) is 10.8. The Bertz CT molecular complexity index is 422. The molecule has 0 spiro atoms. The van der Waals surface area contributed by atoms with Crippen molar-refractivity contribution in [1.29, 1.82) is 0 Å². The maximum Gasteiger partial charge on any atom is 0.224 e. The molecule has 98 valence electrons. The normalized spacial score (nSPS) is 22.8. The predicted molar refractivity (Wildman–Crippen MR) is 68.2 cm³/mol. The van der Waals surface area contributed by atoms with Gasteiger partial charge in [0, 0.05) is 24.8 Å². The number of pyridine rings is 1. The minimum absolute atomic E-state index is 0.0775. The molecule has 1 aliphatic heterocycles. The summed E-state index contributed by atoms with van der Waals surface area (Å²) in [6, 6.07) is 3.97. The van der Waals surface area contributed by atoms with Gasteiger partial charge in [-0.1, -0.05) is 0 Å². The highest BCUT2D eigenvalue weighted by Crippen LogP contribution is 2.15. The number of carbonyl (C=O) groups excluding carboxylic acids is 1. The molecule has 2 heterocycles. The van der Waals surface area contributed by atoms with Crippen molar-refractivity contribution in [3.05, 3.63) is 23.9 Å². The molecular formula is C13H19N3O2. The number of aromatic nitrogens is 1. The topological polar surface area (TPSA) is 63.2 Å². The molecule has 2 atom stereocenters. The van der Waals surface area contributed by atoms with Crippen molar-refractivity contribution >= 4 is 5.91 Å². The molecule has 5 heteroatoms. The molecule has 2 unspecified atom stereocenters. The van der Waals surface area contributed by atoms with Gasteiger partial charge in [0.2, 0.25) is 11.8 Å². The van der Waals surface area contributed by atoms with E-state index in [1.807, 2.05) is 19.1 Å². The molecule has 1 aliphatic rings. The zero-order chi connectivity index (χ0) is 13.0. The van der Waals surface area contributed by atoms with Crippen LogP contribution in [0, 0.1) is 5.92 Å².